The summed E-state index contributed by atoms with van der Waals surface area (Å²) in [6.07, 6.45) is 9.93. The van der Waals surface area contributed by atoms with Crippen LogP contribution < -0.4 is 11.0 Å². The first-order valence-electron chi connectivity index (χ1n) is 7.89. The fourth-order valence-electron chi connectivity index (χ4n) is 3.27. The largest absolute Gasteiger partial charge is 0.382 e. The molecule has 21 heavy (non-hydrogen) atoms. The molecular formula is C17H23N3O. The zero-order valence-electron chi connectivity index (χ0n) is 12.5. The van der Waals surface area contributed by atoms with Crippen LogP contribution in [0.3, 0.4) is 0 Å². The number of aromatic nitrogens is 2. The molecule has 0 radical (unpaired) electrons. The van der Waals surface area contributed by atoms with Gasteiger partial charge in [-0.3, -0.25) is 4.57 Å². The molecule has 1 aromatic carbocycles. The summed E-state index contributed by atoms with van der Waals surface area (Å²) < 4.78 is 1.61. The first-order valence-corrected chi connectivity index (χ1v) is 7.89. The second-order valence-electron chi connectivity index (χ2n) is 5.96. The summed E-state index contributed by atoms with van der Waals surface area (Å²) in [4.78, 5) is 14.2. The number of hydrogen-bond donors (Lipinski definition) is 2. The van der Waals surface area contributed by atoms with Crippen molar-refractivity contribution in [3.05, 3.63) is 47.1 Å². The number of anilines is 1. The number of aromatic amines is 1. The highest BCUT2D eigenvalue weighted by Crippen LogP contribution is 2.28. The van der Waals surface area contributed by atoms with Crippen LogP contribution in [0.25, 0.3) is 5.69 Å². The predicted octanol–water partition coefficient (Wildman–Crippen LogP) is 3.55. The van der Waals surface area contributed by atoms with E-state index in [2.05, 4.69) is 29.4 Å². The van der Waals surface area contributed by atoms with E-state index in [9.17, 15) is 4.79 Å². The average Bonchev–Trinajstić information content (AvgIpc) is 2.94. The van der Waals surface area contributed by atoms with Crippen molar-refractivity contribution in [1.29, 1.82) is 0 Å². The first kappa shape index (κ1) is 14.0. The lowest BCUT2D eigenvalue weighted by Gasteiger charge is -2.29. The van der Waals surface area contributed by atoms with Gasteiger partial charge in [-0.2, -0.15) is 0 Å². The summed E-state index contributed by atoms with van der Waals surface area (Å²) in [5.74, 6) is 0.869. The van der Waals surface area contributed by atoms with E-state index in [0.29, 0.717) is 6.04 Å². The topological polar surface area (TPSA) is 49.8 Å². The maximum atomic E-state index is 11.6. The Morgan fingerprint density at radius 1 is 1.29 bits per heavy atom. The van der Waals surface area contributed by atoms with Crippen molar-refractivity contribution >= 4 is 5.69 Å². The SMILES string of the molecule is CCC1CCCC(Nc2ccc(-n3cc[nH]c3=O)cc2)C1. The van der Waals surface area contributed by atoms with Crippen molar-refractivity contribution in [2.24, 2.45) is 5.92 Å². The molecule has 2 atom stereocenters. The third-order valence-electron chi connectivity index (χ3n) is 4.53. The lowest BCUT2D eigenvalue weighted by molar-refractivity contribution is 0.327. The Morgan fingerprint density at radius 2 is 2.10 bits per heavy atom. The fraction of sp³-hybridized carbons (Fsp3) is 0.471. The Balaban J connectivity index is 1.67. The molecule has 0 saturated heterocycles. The van der Waals surface area contributed by atoms with Gasteiger partial charge in [-0.15, -0.1) is 0 Å². The van der Waals surface area contributed by atoms with Crippen LogP contribution in [0, 0.1) is 5.92 Å². The highest BCUT2D eigenvalue weighted by Gasteiger charge is 2.20. The quantitative estimate of drug-likeness (QED) is 0.902. The van der Waals surface area contributed by atoms with E-state index in [4.69, 9.17) is 0 Å². The van der Waals surface area contributed by atoms with Crippen molar-refractivity contribution in [3.8, 4) is 5.69 Å². The molecule has 1 aromatic heterocycles. The van der Waals surface area contributed by atoms with Gasteiger partial charge in [-0.05, 0) is 43.0 Å². The summed E-state index contributed by atoms with van der Waals surface area (Å²) >= 11 is 0. The molecule has 1 saturated carbocycles. The molecule has 0 amide bonds. The molecule has 4 heteroatoms. The lowest BCUT2D eigenvalue weighted by atomic mass is 9.84. The second kappa shape index (κ2) is 6.20. The number of H-pyrrole nitrogens is 1. The second-order valence-corrected chi connectivity index (χ2v) is 5.96. The number of benzene rings is 1. The molecule has 112 valence electrons. The number of rotatable bonds is 4. The minimum atomic E-state index is -0.103. The average molecular weight is 285 g/mol. The number of nitrogens with one attached hydrogen (secondary N) is 2. The summed E-state index contributed by atoms with van der Waals surface area (Å²) in [6.45, 7) is 2.29. The van der Waals surface area contributed by atoms with Gasteiger partial charge < -0.3 is 10.3 Å². The van der Waals surface area contributed by atoms with E-state index in [1.54, 1.807) is 17.0 Å². The van der Waals surface area contributed by atoms with E-state index in [-0.39, 0.29) is 5.69 Å². The lowest BCUT2D eigenvalue weighted by Crippen LogP contribution is -2.27. The molecule has 2 aromatic rings. The highest BCUT2D eigenvalue weighted by atomic mass is 16.1. The van der Waals surface area contributed by atoms with Crippen LogP contribution in [0.15, 0.2) is 41.5 Å². The first-order chi connectivity index (χ1) is 10.3. The maximum Gasteiger partial charge on any atom is 0.330 e. The molecule has 3 rings (SSSR count). The monoisotopic (exact) mass is 285 g/mol. The van der Waals surface area contributed by atoms with E-state index in [1.807, 2.05) is 12.1 Å². The Hall–Kier alpha value is -1.97. The molecule has 2 N–H and O–H groups in total. The molecule has 0 aliphatic heterocycles. The van der Waals surface area contributed by atoms with Crippen LogP contribution in [0.1, 0.15) is 39.0 Å². The summed E-state index contributed by atoms with van der Waals surface area (Å²) in [5, 5.41) is 3.64. The van der Waals surface area contributed by atoms with E-state index < -0.39 is 0 Å². The molecule has 1 heterocycles. The Kier molecular flexibility index (Phi) is 4.13. The summed E-state index contributed by atoms with van der Waals surface area (Å²) in [7, 11) is 0. The standard InChI is InChI=1S/C17H23N3O/c1-2-13-4-3-5-15(12-13)19-14-6-8-16(9-7-14)20-11-10-18-17(20)21/h6-11,13,15,19H,2-5,12H2,1H3,(H,18,21). The Morgan fingerprint density at radius 3 is 2.76 bits per heavy atom. The third-order valence-corrected chi connectivity index (χ3v) is 4.53. The van der Waals surface area contributed by atoms with E-state index in [1.165, 1.54) is 32.1 Å². The van der Waals surface area contributed by atoms with Gasteiger partial charge in [-0.25, -0.2) is 4.79 Å². The normalized spacial score (nSPS) is 22.1. The predicted molar refractivity (Wildman–Crippen MR) is 86.0 cm³/mol. The van der Waals surface area contributed by atoms with Gasteiger partial charge >= 0.3 is 5.69 Å². The molecule has 2 unspecified atom stereocenters. The van der Waals surface area contributed by atoms with Crippen LogP contribution in [0.4, 0.5) is 5.69 Å². The van der Waals surface area contributed by atoms with Gasteiger partial charge in [0, 0.05) is 24.1 Å². The van der Waals surface area contributed by atoms with Gasteiger partial charge in [0.05, 0.1) is 5.69 Å². The number of nitrogens with zero attached hydrogens (tertiary/aromatic N) is 1. The van der Waals surface area contributed by atoms with E-state index >= 15 is 0 Å². The van der Waals surface area contributed by atoms with Crippen LogP contribution in [0.2, 0.25) is 0 Å². The van der Waals surface area contributed by atoms with Crippen molar-refractivity contribution in [3.63, 3.8) is 0 Å². The molecule has 0 spiro atoms. The number of hydrogen-bond acceptors (Lipinski definition) is 2. The molecule has 0 bridgehead atoms. The summed E-state index contributed by atoms with van der Waals surface area (Å²) in [6, 6.07) is 8.67. The van der Waals surface area contributed by atoms with Gasteiger partial charge in [0.15, 0.2) is 0 Å². The zero-order chi connectivity index (χ0) is 14.7. The fourth-order valence-corrected chi connectivity index (χ4v) is 3.27. The number of imidazole rings is 1. The van der Waals surface area contributed by atoms with Crippen molar-refractivity contribution in [1.82, 2.24) is 9.55 Å². The van der Waals surface area contributed by atoms with Crippen LogP contribution in [0.5, 0.6) is 0 Å². The van der Waals surface area contributed by atoms with Crippen molar-refractivity contribution in [2.45, 2.75) is 45.1 Å². The Labute approximate surface area is 125 Å². The third kappa shape index (κ3) is 3.20. The summed E-state index contributed by atoms with van der Waals surface area (Å²) in [5.41, 5.74) is 1.93. The van der Waals surface area contributed by atoms with Gasteiger partial charge in [-0.1, -0.05) is 26.2 Å². The smallest absolute Gasteiger partial charge is 0.330 e. The zero-order valence-corrected chi connectivity index (χ0v) is 12.5. The van der Waals surface area contributed by atoms with Gasteiger partial charge in [0.1, 0.15) is 0 Å². The Bertz CT molecular complexity index is 626. The molecule has 4 nitrogen and oxygen atoms in total. The highest BCUT2D eigenvalue weighted by molar-refractivity contribution is 5.49. The molecule has 1 aliphatic rings. The van der Waals surface area contributed by atoms with Crippen LogP contribution in [-0.4, -0.2) is 15.6 Å². The minimum Gasteiger partial charge on any atom is -0.382 e. The van der Waals surface area contributed by atoms with Crippen molar-refractivity contribution < 1.29 is 0 Å². The molecule has 1 aliphatic carbocycles. The minimum absolute atomic E-state index is 0.103. The maximum absolute atomic E-state index is 11.6. The van der Waals surface area contributed by atoms with Gasteiger partial charge in [0.25, 0.3) is 0 Å². The van der Waals surface area contributed by atoms with E-state index in [0.717, 1.165) is 17.3 Å². The van der Waals surface area contributed by atoms with Gasteiger partial charge in [0.2, 0.25) is 0 Å². The van der Waals surface area contributed by atoms with Crippen LogP contribution >= 0.6 is 0 Å². The van der Waals surface area contributed by atoms with Crippen molar-refractivity contribution in [2.75, 3.05) is 5.32 Å². The molecular weight excluding hydrogens is 262 g/mol. The van der Waals surface area contributed by atoms with Crippen LogP contribution in [-0.2, 0) is 0 Å². The molecule has 1 fully saturated rings.